The first-order valence-corrected chi connectivity index (χ1v) is 10.3. The summed E-state index contributed by atoms with van der Waals surface area (Å²) in [6.45, 7) is 0.537. The molecule has 3 aliphatic rings. The van der Waals surface area contributed by atoms with E-state index in [0.717, 1.165) is 43.4 Å². The summed E-state index contributed by atoms with van der Waals surface area (Å²) in [6.07, 6.45) is 7.05. The highest BCUT2D eigenvalue weighted by Crippen LogP contribution is 2.48. The molecule has 0 radical (unpaired) electrons. The Hall–Kier alpha value is -1.59. The summed E-state index contributed by atoms with van der Waals surface area (Å²) in [5, 5.41) is 23.0. The number of hydrogen-bond acceptors (Lipinski definition) is 4. The predicted molar refractivity (Wildman–Crippen MR) is 103 cm³/mol. The van der Waals surface area contributed by atoms with E-state index >= 15 is 0 Å². The summed E-state index contributed by atoms with van der Waals surface area (Å²) in [6, 6.07) is 7.42. The van der Waals surface area contributed by atoms with Crippen LogP contribution in [0.5, 0.6) is 5.75 Å². The monoisotopic (exact) mass is 373 g/mol. The van der Waals surface area contributed by atoms with Crippen LogP contribution < -0.4 is 4.74 Å². The fourth-order valence-electron chi connectivity index (χ4n) is 5.22. The van der Waals surface area contributed by atoms with E-state index in [2.05, 4.69) is 0 Å². The lowest BCUT2D eigenvalue weighted by molar-refractivity contribution is -0.235. The van der Waals surface area contributed by atoms with Crippen LogP contribution in [0.15, 0.2) is 24.3 Å². The van der Waals surface area contributed by atoms with E-state index in [-0.39, 0.29) is 17.9 Å². The quantitative estimate of drug-likeness (QED) is 0.851. The van der Waals surface area contributed by atoms with Crippen molar-refractivity contribution in [3.05, 3.63) is 29.8 Å². The molecule has 1 saturated heterocycles. The van der Waals surface area contributed by atoms with Gasteiger partial charge in [-0.15, -0.1) is 0 Å². The van der Waals surface area contributed by atoms with E-state index in [1.807, 2.05) is 29.2 Å². The Morgan fingerprint density at radius 2 is 1.81 bits per heavy atom. The molecule has 1 amide bonds. The number of hydrogen-bond donors (Lipinski definition) is 2. The lowest BCUT2D eigenvalue weighted by atomic mass is 9.62. The number of benzene rings is 1. The van der Waals surface area contributed by atoms with Crippen LogP contribution in [-0.4, -0.2) is 51.9 Å². The molecule has 2 aliphatic carbocycles. The van der Waals surface area contributed by atoms with Crippen LogP contribution in [0.2, 0.25) is 0 Å². The van der Waals surface area contributed by atoms with Crippen molar-refractivity contribution in [3.63, 3.8) is 0 Å². The molecule has 1 heterocycles. The summed E-state index contributed by atoms with van der Waals surface area (Å²) in [5.74, 6) is 1.06. The number of aliphatic hydroxyl groups is 2. The molecule has 0 spiro atoms. The van der Waals surface area contributed by atoms with E-state index in [1.165, 1.54) is 0 Å². The van der Waals surface area contributed by atoms with Gasteiger partial charge in [-0.25, -0.2) is 0 Å². The zero-order valence-electron chi connectivity index (χ0n) is 16.2. The minimum atomic E-state index is -1.23. The third-order valence-electron chi connectivity index (χ3n) is 7.22. The van der Waals surface area contributed by atoms with Gasteiger partial charge in [0, 0.05) is 12.5 Å². The normalized spacial score (nSPS) is 33.9. The van der Waals surface area contributed by atoms with Crippen molar-refractivity contribution in [1.82, 2.24) is 4.90 Å². The average molecular weight is 373 g/mol. The van der Waals surface area contributed by atoms with E-state index in [1.54, 1.807) is 7.11 Å². The highest BCUT2D eigenvalue weighted by Gasteiger charge is 2.60. The van der Waals surface area contributed by atoms with E-state index < -0.39 is 11.2 Å². The van der Waals surface area contributed by atoms with E-state index in [4.69, 9.17) is 4.74 Å². The summed E-state index contributed by atoms with van der Waals surface area (Å²) >= 11 is 0. The number of piperidine rings is 1. The van der Waals surface area contributed by atoms with Gasteiger partial charge >= 0.3 is 0 Å². The highest BCUT2D eigenvalue weighted by molar-refractivity contribution is 5.80. The number of methoxy groups -OCH3 is 1. The van der Waals surface area contributed by atoms with Crippen molar-refractivity contribution >= 4 is 5.91 Å². The van der Waals surface area contributed by atoms with Crippen molar-refractivity contribution in [3.8, 4) is 5.75 Å². The molecular weight excluding hydrogens is 342 g/mol. The lowest BCUT2D eigenvalue weighted by Gasteiger charge is -2.58. The standard InChI is InChI=1S/C22H31NO4/c1-27-18-9-7-16(8-10-18)15-19-22(26)12-3-2-11-21(22,25)13-14-23(19)20(24)17-5-4-6-17/h7-10,17,19,25-26H,2-6,11-15H2,1H3. The van der Waals surface area contributed by atoms with Crippen LogP contribution in [0.1, 0.15) is 56.9 Å². The fourth-order valence-corrected chi connectivity index (χ4v) is 5.22. The molecule has 27 heavy (non-hydrogen) atoms. The van der Waals surface area contributed by atoms with Gasteiger partial charge in [0.2, 0.25) is 5.91 Å². The fraction of sp³-hybridized carbons (Fsp3) is 0.682. The summed E-state index contributed by atoms with van der Waals surface area (Å²) in [4.78, 5) is 15.0. The number of carbonyl (C=O) groups excluding carboxylic acids is 1. The molecule has 148 valence electrons. The molecule has 5 heteroatoms. The number of amides is 1. The van der Waals surface area contributed by atoms with Crippen LogP contribution in [-0.2, 0) is 11.2 Å². The summed E-state index contributed by atoms with van der Waals surface area (Å²) < 4.78 is 5.24. The predicted octanol–water partition coefficient (Wildman–Crippen LogP) is 2.67. The third-order valence-corrected chi connectivity index (χ3v) is 7.22. The zero-order valence-corrected chi connectivity index (χ0v) is 16.2. The Kier molecular flexibility index (Phi) is 4.93. The maximum Gasteiger partial charge on any atom is 0.226 e. The molecule has 0 bridgehead atoms. The summed E-state index contributed by atoms with van der Waals surface area (Å²) in [5.41, 5.74) is -1.27. The molecule has 3 unspecified atom stereocenters. The smallest absolute Gasteiger partial charge is 0.226 e. The molecule has 2 saturated carbocycles. The van der Waals surface area contributed by atoms with Crippen molar-refractivity contribution in [1.29, 1.82) is 0 Å². The van der Waals surface area contributed by atoms with Crippen molar-refractivity contribution in [2.75, 3.05) is 13.7 Å². The van der Waals surface area contributed by atoms with Gasteiger partial charge < -0.3 is 19.8 Å². The van der Waals surface area contributed by atoms with Crippen molar-refractivity contribution in [2.24, 2.45) is 5.92 Å². The largest absolute Gasteiger partial charge is 0.497 e. The Balaban J connectivity index is 1.65. The molecule has 1 aliphatic heterocycles. The third kappa shape index (κ3) is 3.15. The maximum absolute atomic E-state index is 13.1. The number of carbonyl (C=O) groups is 1. The molecule has 1 aromatic carbocycles. The average Bonchev–Trinajstić information content (AvgIpc) is 2.62. The van der Waals surface area contributed by atoms with Gasteiger partial charge in [0.05, 0.1) is 18.8 Å². The van der Waals surface area contributed by atoms with Crippen molar-refractivity contribution in [2.45, 2.75) is 75.0 Å². The van der Waals surface area contributed by atoms with Crippen LogP contribution in [0.25, 0.3) is 0 Å². The van der Waals surface area contributed by atoms with Gasteiger partial charge in [-0.1, -0.05) is 31.4 Å². The minimum Gasteiger partial charge on any atom is -0.497 e. The van der Waals surface area contributed by atoms with Gasteiger partial charge in [0.1, 0.15) is 11.4 Å². The van der Waals surface area contributed by atoms with E-state index in [0.29, 0.717) is 32.2 Å². The highest BCUT2D eigenvalue weighted by atomic mass is 16.5. The van der Waals surface area contributed by atoms with Gasteiger partial charge in [-0.2, -0.15) is 0 Å². The number of rotatable bonds is 4. The molecule has 3 fully saturated rings. The molecule has 0 aromatic heterocycles. The molecule has 1 aromatic rings. The van der Waals surface area contributed by atoms with Crippen molar-refractivity contribution < 1.29 is 19.7 Å². The van der Waals surface area contributed by atoms with Gasteiger partial charge in [0.25, 0.3) is 0 Å². The number of ether oxygens (including phenoxy) is 1. The SMILES string of the molecule is COc1ccc(CC2N(C(=O)C3CCC3)CCC3(O)CCCCC23O)cc1. The minimum absolute atomic E-state index is 0.0988. The first kappa shape index (κ1) is 18.8. The van der Waals surface area contributed by atoms with E-state index in [9.17, 15) is 15.0 Å². The van der Waals surface area contributed by atoms with Crippen LogP contribution in [0.3, 0.4) is 0 Å². The second-order valence-corrected chi connectivity index (χ2v) is 8.64. The summed E-state index contributed by atoms with van der Waals surface area (Å²) in [7, 11) is 1.64. The van der Waals surface area contributed by atoms with Crippen LogP contribution >= 0.6 is 0 Å². The Morgan fingerprint density at radius 1 is 1.11 bits per heavy atom. The number of fused-ring (bicyclic) bond motifs is 1. The number of likely N-dealkylation sites (tertiary alicyclic amines) is 1. The zero-order chi connectivity index (χ0) is 19.1. The van der Waals surface area contributed by atoms with Gasteiger partial charge in [-0.3, -0.25) is 4.79 Å². The topological polar surface area (TPSA) is 70.0 Å². The second-order valence-electron chi connectivity index (χ2n) is 8.64. The first-order valence-electron chi connectivity index (χ1n) is 10.3. The Labute approximate surface area is 161 Å². The number of nitrogens with zero attached hydrogens (tertiary/aromatic N) is 1. The maximum atomic E-state index is 13.1. The molecule has 5 nitrogen and oxygen atoms in total. The lowest BCUT2D eigenvalue weighted by Crippen LogP contribution is -2.73. The Bertz CT molecular complexity index is 686. The Morgan fingerprint density at radius 3 is 2.44 bits per heavy atom. The molecule has 3 atom stereocenters. The van der Waals surface area contributed by atoms with Gasteiger partial charge in [0.15, 0.2) is 0 Å². The first-order chi connectivity index (χ1) is 13.0. The molecule has 4 rings (SSSR count). The molecular formula is C22H31NO4. The van der Waals surface area contributed by atoms with Gasteiger partial charge in [-0.05, 0) is 56.2 Å². The van der Waals surface area contributed by atoms with Crippen LogP contribution in [0.4, 0.5) is 0 Å². The second kappa shape index (κ2) is 7.10. The molecule has 2 N–H and O–H groups in total. The van der Waals surface area contributed by atoms with Crippen LogP contribution in [0, 0.1) is 5.92 Å².